The van der Waals surface area contributed by atoms with Gasteiger partial charge in [0, 0.05) is 50.7 Å². The van der Waals surface area contributed by atoms with Gasteiger partial charge in [0.15, 0.2) is 0 Å². The predicted molar refractivity (Wildman–Crippen MR) is 175 cm³/mol. The summed E-state index contributed by atoms with van der Waals surface area (Å²) >= 11 is 0. The van der Waals surface area contributed by atoms with E-state index in [-0.39, 0.29) is 5.92 Å². The first-order valence-electron chi connectivity index (χ1n) is 15.6. The lowest BCUT2D eigenvalue weighted by atomic mass is 9.73. The molecule has 4 aromatic carbocycles. The summed E-state index contributed by atoms with van der Waals surface area (Å²) in [6.45, 7) is 12.0. The maximum absolute atomic E-state index is 12.9. The van der Waals surface area contributed by atoms with Gasteiger partial charge in [-0.1, -0.05) is 98.3 Å². The monoisotopic (exact) mass is 562 g/mol. The highest BCUT2D eigenvalue weighted by atomic mass is 16.5. The Balaban J connectivity index is 1.43. The van der Waals surface area contributed by atoms with E-state index >= 15 is 0 Å². The van der Waals surface area contributed by atoms with Crippen molar-refractivity contribution in [3.05, 3.63) is 131 Å². The second kappa shape index (κ2) is 14.0. The normalized spacial score (nSPS) is 16.1. The van der Waals surface area contributed by atoms with E-state index in [0.29, 0.717) is 13.0 Å². The highest BCUT2D eigenvalue weighted by molar-refractivity contribution is 5.56. The maximum Gasteiger partial charge on any atom is 0.119 e. The van der Waals surface area contributed by atoms with Crippen LogP contribution in [0.2, 0.25) is 0 Å². The molecule has 0 bridgehead atoms. The first-order chi connectivity index (χ1) is 20.5. The highest BCUT2D eigenvalue weighted by Crippen LogP contribution is 2.41. The Morgan fingerprint density at radius 3 is 2.12 bits per heavy atom. The van der Waals surface area contributed by atoms with Crippen LogP contribution in [0, 0.1) is 13.8 Å². The third-order valence-corrected chi connectivity index (χ3v) is 8.95. The standard InChI is InChI=1S/C38H46N2O2/c1-4-5-27-42-35-21-19-34(20-22-35)38(41,28-32-14-8-6-9-15-32)36(33-16-10-7-11-17-33)29-39-23-25-40(26-24-39)37-18-12-13-30(2)31(37)3/h6-22,36,41H,4-5,23-29H2,1-3H3/t36-,38-/m0/s1. The van der Waals surface area contributed by atoms with Gasteiger partial charge >= 0.3 is 0 Å². The van der Waals surface area contributed by atoms with Crippen LogP contribution in [0.4, 0.5) is 5.69 Å². The molecule has 1 fully saturated rings. The Labute approximate surface area is 252 Å². The quantitative estimate of drug-likeness (QED) is 0.181. The summed E-state index contributed by atoms with van der Waals surface area (Å²) in [5.74, 6) is 0.742. The molecule has 4 aromatic rings. The molecule has 0 amide bonds. The third kappa shape index (κ3) is 7.06. The molecule has 0 radical (unpaired) electrons. The fourth-order valence-corrected chi connectivity index (χ4v) is 6.23. The summed E-state index contributed by atoms with van der Waals surface area (Å²) < 4.78 is 5.97. The molecule has 1 aliphatic heterocycles. The van der Waals surface area contributed by atoms with Crippen LogP contribution in [0.5, 0.6) is 5.75 Å². The van der Waals surface area contributed by atoms with Gasteiger partial charge in [0.05, 0.1) is 6.61 Å². The van der Waals surface area contributed by atoms with Gasteiger partial charge < -0.3 is 14.7 Å². The van der Waals surface area contributed by atoms with Gasteiger partial charge in [-0.2, -0.15) is 0 Å². The molecule has 4 heteroatoms. The number of aryl methyl sites for hydroxylation is 1. The third-order valence-electron chi connectivity index (χ3n) is 8.95. The fraction of sp³-hybridized carbons (Fsp3) is 0.368. The van der Waals surface area contributed by atoms with E-state index in [1.807, 2.05) is 18.2 Å². The summed E-state index contributed by atoms with van der Waals surface area (Å²) in [7, 11) is 0. The number of ether oxygens (including phenoxy) is 1. The number of hydrogen-bond acceptors (Lipinski definition) is 4. The SMILES string of the molecule is CCCCOc1ccc([C@@](O)(Cc2ccccc2)[C@@H](CN2CCN(c3cccc(C)c3C)CC2)c2ccccc2)cc1. The summed E-state index contributed by atoms with van der Waals surface area (Å²) in [6, 6.07) is 35.8. The lowest BCUT2D eigenvalue weighted by Gasteiger charge is -2.43. The molecule has 1 heterocycles. The summed E-state index contributed by atoms with van der Waals surface area (Å²) in [5, 5.41) is 12.9. The molecule has 4 nitrogen and oxygen atoms in total. The predicted octanol–water partition coefficient (Wildman–Crippen LogP) is 7.52. The van der Waals surface area contributed by atoms with Crippen LogP contribution >= 0.6 is 0 Å². The minimum Gasteiger partial charge on any atom is -0.494 e. The first kappa shape index (κ1) is 29.9. The van der Waals surface area contributed by atoms with Crippen LogP contribution in [-0.4, -0.2) is 49.3 Å². The van der Waals surface area contributed by atoms with Crippen molar-refractivity contribution in [3.63, 3.8) is 0 Å². The maximum atomic E-state index is 12.9. The average molecular weight is 563 g/mol. The lowest BCUT2D eigenvalue weighted by Crippen LogP contribution is -2.50. The Hall–Kier alpha value is -3.60. The number of hydrogen-bond donors (Lipinski definition) is 1. The highest BCUT2D eigenvalue weighted by Gasteiger charge is 2.41. The molecule has 0 unspecified atom stereocenters. The van der Waals surface area contributed by atoms with E-state index < -0.39 is 5.60 Å². The van der Waals surface area contributed by atoms with Crippen molar-refractivity contribution in [2.75, 3.05) is 44.2 Å². The summed E-state index contributed by atoms with van der Waals surface area (Å²) in [6.07, 6.45) is 2.67. The minimum absolute atomic E-state index is 0.113. The topological polar surface area (TPSA) is 35.9 Å². The van der Waals surface area contributed by atoms with Gasteiger partial charge in [0.1, 0.15) is 11.4 Å². The van der Waals surface area contributed by atoms with Gasteiger partial charge in [0.2, 0.25) is 0 Å². The number of piperazine rings is 1. The van der Waals surface area contributed by atoms with Crippen molar-refractivity contribution in [2.24, 2.45) is 0 Å². The van der Waals surface area contributed by atoms with E-state index in [1.54, 1.807) is 0 Å². The van der Waals surface area contributed by atoms with Crippen LogP contribution in [0.15, 0.2) is 103 Å². The lowest BCUT2D eigenvalue weighted by molar-refractivity contribution is -0.00554. The first-order valence-corrected chi connectivity index (χ1v) is 15.6. The number of unbranched alkanes of at least 4 members (excludes halogenated alkanes) is 1. The number of rotatable bonds is 12. The van der Waals surface area contributed by atoms with Gasteiger partial charge in [0.25, 0.3) is 0 Å². The molecule has 5 rings (SSSR count). The number of benzene rings is 4. The van der Waals surface area contributed by atoms with E-state index in [1.165, 1.54) is 16.8 Å². The zero-order valence-corrected chi connectivity index (χ0v) is 25.5. The van der Waals surface area contributed by atoms with E-state index in [4.69, 9.17) is 4.74 Å². The average Bonchev–Trinajstić information content (AvgIpc) is 3.03. The molecule has 0 spiro atoms. The zero-order valence-electron chi connectivity index (χ0n) is 25.5. The van der Waals surface area contributed by atoms with Gasteiger partial charge in [-0.05, 0) is 66.3 Å². The zero-order chi connectivity index (χ0) is 29.4. The van der Waals surface area contributed by atoms with E-state index in [0.717, 1.165) is 68.0 Å². The Morgan fingerprint density at radius 2 is 1.45 bits per heavy atom. The Morgan fingerprint density at radius 1 is 0.786 bits per heavy atom. The van der Waals surface area contributed by atoms with Crippen molar-refractivity contribution in [1.82, 2.24) is 4.90 Å². The van der Waals surface area contributed by atoms with Gasteiger partial charge in [-0.3, -0.25) is 4.90 Å². The fourth-order valence-electron chi connectivity index (χ4n) is 6.23. The van der Waals surface area contributed by atoms with Crippen molar-refractivity contribution in [3.8, 4) is 5.75 Å². The largest absolute Gasteiger partial charge is 0.494 e. The number of anilines is 1. The van der Waals surface area contributed by atoms with Gasteiger partial charge in [-0.25, -0.2) is 0 Å². The van der Waals surface area contributed by atoms with Crippen molar-refractivity contribution >= 4 is 5.69 Å². The molecule has 220 valence electrons. The second-order valence-corrected chi connectivity index (χ2v) is 11.8. The van der Waals surface area contributed by atoms with Gasteiger partial charge in [-0.15, -0.1) is 0 Å². The molecule has 0 aliphatic carbocycles. The van der Waals surface area contributed by atoms with Crippen LogP contribution in [0.25, 0.3) is 0 Å². The van der Waals surface area contributed by atoms with Crippen LogP contribution in [-0.2, 0) is 12.0 Å². The molecular formula is C38H46N2O2. The van der Waals surface area contributed by atoms with Crippen LogP contribution in [0.1, 0.15) is 53.5 Å². The molecule has 2 atom stereocenters. The second-order valence-electron chi connectivity index (χ2n) is 11.8. The molecular weight excluding hydrogens is 516 g/mol. The summed E-state index contributed by atoms with van der Waals surface area (Å²) in [4.78, 5) is 5.06. The smallest absolute Gasteiger partial charge is 0.119 e. The molecule has 42 heavy (non-hydrogen) atoms. The number of aliphatic hydroxyl groups is 1. The van der Waals surface area contributed by atoms with Crippen molar-refractivity contribution < 1.29 is 9.84 Å². The Kier molecular flexibility index (Phi) is 9.99. The van der Waals surface area contributed by atoms with Crippen LogP contribution < -0.4 is 9.64 Å². The molecule has 1 saturated heterocycles. The Bertz CT molecular complexity index is 1380. The molecule has 0 aromatic heterocycles. The molecule has 1 N–H and O–H groups in total. The minimum atomic E-state index is -1.10. The number of nitrogens with zero attached hydrogens (tertiary/aromatic N) is 2. The van der Waals surface area contributed by atoms with Crippen molar-refractivity contribution in [1.29, 1.82) is 0 Å². The molecule has 0 saturated carbocycles. The molecule has 1 aliphatic rings. The summed E-state index contributed by atoms with van der Waals surface area (Å²) in [5.41, 5.74) is 6.17. The van der Waals surface area contributed by atoms with E-state index in [2.05, 4.69) is 116 Å². The van der Waals surface area contributed by atoms with E-state index in [9.17, 15) is 5.11 Å². The van der Waals surface area contributed by atoms with Crippen LogP contribution in [0.3, 0.4) is 0 Å². The van der Waals surface area contributed by atoms with Crippen molar-refractivity contribution in [2.45, 2.75) is 51.6 Å².